The average Bonchev–Trinajstić information content (AvgIpc) is 2.91. The first-order chi connectivity index (χ1) is 10.2. The number of amides is 1. The Bertz CT molecular complexity index is 634. The number of nitrogens with one attached hydrogen (secondary N) is 1. The fourth-order valence-electron chi connectivity index (χ4n) is 2.98. The first-order valence-electron chi connectivity index (χ1n) is 7.41. The second kappa shape index (κ2) is 6.00. The van der Waals surface area contributed by atoms with Gasteiger partial charge in [0.05, 0.1) is 6.42 Å². The van der Waals surface area contributed by atoms with Crippen molar-refractivity contribution in [1.82, 2.24) is 5.32 Å². The highest BCUT2D eigenvalue weighted by Gasteiger charge is 2.22. The summed E-state index contributed by atoms with van der Waals surface area (Å²) in [6.07, 6.45) is 2.66. The average molecular weight is 280 g/mol. The largest absolute Gasteiger partial charge is 0.399 e. The van der Waals surface area contributed by atoms with E-state index in [2.05, 4.69) is 29.6 Å². The SMILES string of the molecule is Nc1ccc(CC(=O)NCC2CCc3ccccc32)cc1. The Hall–Kier alpha value is -2.29. The van der Waals surface area contributed by atoms with Gasteiger partial charge in [-0.15, -0.1) is 0 Å². The predicted octanol–water partition coefficient (Wildman–Crippen LogP) is 2.66. The predicted molar refractivity (Wildman–Crippen MR) is 85.1 cm³/mol. The fourth-order valence-corrected chi connectivity index (χ4v) is 2.98. The Morgan fingerprint density at radius 2 is 1.90 bits per heavy atom. The van der Waals surface area contributed by atoms with Crippen LogP contribution in [0.1, 0.15) is 29.0 Å². The molecule has 3 heteroatoms. The van der Waals surface area contributed by atoms with Crippen LogP contribution in [0.25, 0.3) is 0 Å². The highest BCUT2D eigenvalue weighted by Crippen LogP contribution is 2.32. The third-order valence-corrected chi connectivity index (χ3v) is 4.15. The van der Waals surface area contributed by atoms with Crippen molar-refractivity contribution in [1.29, 1.82) is 0 Å². The molecule has 3 N–H and O–H groups in total. The van der Waals surface area contributed by atoms with E-state index in [1.807, 2.05) is 24.3 Å². The number of rotatable bonds is 4. The van der Waals surface area contributed by atoms with E-state index in [1.54, 1.807) is 0 Å². The summed E-state index contributed by atoms with van der Waals surface area (Å²) < 4.78 is 0. The molecule has 108 valence electrons. The fraction of sp³-hybridized carbons (Fsp3) is 0.278. The molecule has 0 radical (unpaired) electrons. The van der Waals surface area contributed by atoms with E-state index in [1.165, 1.54) is 11.1 Å². The number of nitrogen functional groups attached to an aromatic ring is 1. The summed E-state index contributed by atoms with van der Waals surface area (Å²) >= 11 is 0. The van der Waals surface area contributed by atoms with Crippen molar-refractivity contribution in [2.75, 3.05) is 12.3 Å². The summed E-state index contributed by atoms with van der Waals surface area (Å²) in [5.74, 6) is 0.528. The second-order valence-corrected chi connectivity index (χ2v) is 5.66. The van der Waals surface area contributed by atoms with Crippen LogP contribution < -0.4 is 11.1 Å². The van der Waals surface area contributed by atoms with Crippen LogP contribution in [0.2, 0.25) is 0 Å². The molecule has 0 fully saturated rings. The highest BCUT2D eigenvalue weighted by atomic mass is 16.1. The van der Waals surface area contributed by atoms with E-state index in [0.717, 1.165) is 30.6 Å². The minimum Gasteiger partial charge on any atom is -0.399 e. The van der Waals surface area contributed by atoms with Gasteiger partial charge in [0.25, 0.3) is 0 Å². The topological polar surface area (TPSA) is 55.1 Å². The van der Waals surface area contributed by atoms with Gasteiger partial charge in [0, 0.05) is 18.2 Å². The molecule has 2 aromatic carbocycles. The minimum absolute atomic E-state index is 0.0733. The molecule has 1 aliphatic carbocycles. The molecule has 0 heterocycles. The number of aryl methyl sites for hydroxylation is 1. The third kappa shape index (κ3) is 3.24. The van der Waals surface area contributed by atoms with E-state index in [9.17, 15) is 4.79 Å². The van der Waals surface area contributed by atoms with Crippen LogP contribution in [0.3, 0.4) is 0 Å². The van der Waals surface area contributed by atoms with Gasteiger partial charge in [-0.3, -0.25) is 4.79 Å². The number of hydrogen-bond donors (Lipinski definition) is 2. The van der Waals surface area contributed by atoms with Gasteiger partial charge in [-0.2, -0.15) is 0 Å². The number of benzene rings is 2. The summed E-state index contributed by atoms with van der Waals surface area (Å²) in [7, 11) is 0. The maximum absolute atomic E-state index is 12.0. The molecule has 1 aliphatic rings. The van der Waals surface area contributed by atoms with Gasteiger partial charge in [0.1, 0.15) is 0 Å². The minimum atomic E-state index is 0.0733. The van der Waals surface area contributed by atoms with Crippen molar-refractivity contribution >= 4 is 11.6 Å². The Morgan fingerprint density at radius 3 is 2.71 bits per heavy atom. The van der Waals surface area contributed by atoms with Gasteiger partial charge in [-0.25, -0.2) is 0 Å². The molecule has 0 aliphatic heterocycles. The molecule has 3 rings (SSSR count). The lowest BCUT2D eigenvalue weighted by atomic mass is 10.0. The standard InChI is InChI=1S/C18H20N2O/c19-16-9-5-13(6-10-16)11-18(21)20-12-15-8-7-14-3-1-2-4-17(14)15/h1-6,9-10,15H,7-8,11-12,19H2,(H,20,21). The number of fused-ring (bicyclic) bond motifs is 1. The molecule has 0 saturated carbocycles. The molecule has 0 aromatic heterocycles. The maximum Gasteiger partial charge on any atom is 0.224 e. The van der Waals surface area contributed by atoms with Crippen molar-refractivity contribution in [2.24, 2.45) is 0 Å². The summed E-state index contributed by atoms with van der Waals surface area (Å²) in [5, 5.41) is 3.06. The van der Waals surface area contributed by atoms with Crippen LogP contribution in [-0.2, 0) is 17.6 Å². The van der Waals surface area contributed by atoms with Gasteiger partial charge in [0.2, 0.25) is 5.91 Å². The van der Waals surface area contributed by atoms with Crippen molar-refractivity contribution in [3.63, 3.8) is 0 Å². The third-order valence-electron chi connectivity index (χ3n) is 4.15. The molecular weight excluding hydrogens is 260 g/mol. The Labute approximate surface area is 125 Å². The number of nitrogens with two attached hydrogens (primary N) is 1. The monoisotopic (exact) mass is 280 g/mol. The molecule has 3 nitrogen and oxygen atoms in total. The van der Waals surface area contributed by atoms with E-state index in [-0.39, 0.29) is 5.91 Å². The Morgan fingerprint density at radius 1 is 1.14 bits per heavy atom. The van der Waals surface area contributed by atoms with Gasteiger partial charge < -0.3 is 11.1 Å². The zero-order chi connectivity index (χ0) is 14.7. The highest BCUT2D eigenvalue weighted by molar-refractivity contribution is 5.78. The molecule has 0 spiro atoms. The number of hydrogen-bond acceptors (Lipinski definition) is 2. The maximum atomic E-state index is 12.0. The number of anilines is 1. The van der Waals surface area contributed by atoms with E-state index < -0.39 is 0 Å². The molecule has 1 amide bonds. The van der Waals surface area contributed by atoms with Crippen LogP contribution >= 0.6 is 0 Å². The molecule has 1 atom stereocenters. The first kappa shape index (κ1) is 13.7. The first-order valence-corrected chi connectivity index (χ1v) is 7.41. The lowest BCUT2D eigenvalue weighted by Crippen LogP contribution is -2.29. The summed E-state index contributed by atoms with van der Waals surface area (Å²) in [6, 6.07) is 16.0. The van der Waals surface area contributed by atoms with E-state index in [0.29, 0.717) is 12.3 Å². The van der Waals surface area contributed by atoms with Crippen LogP contribution in [0.5, 0.6) is 0 Å². The van der Waals surface area contributed by atoms with Gasteiger partial charge in [-0.1, -0.05) is 36.4 Å². The van der Waals surface area contributed by atoms with E-state index >= 15 is 0 Å². The zero-order valence-corrected chi connectivity index (χ0v) is 12.0. The van der Waals surface area contributed by atoms with Crippen molar-refractivity contribution in [3.8, 4) is 0 Å². The summed E-state index contributed by atoms with van der Waals surface area (Å²) in [6.45, 7) is 0.727. The number of carbonyl (C=O) groups excluding carboxylic acids is 1. The molecular formula is C18H20N2O. The lowest BCUT2D eigenvalue weighted by molar-refractivity contribution is -0.120. The van der Waals surface area contributed by atoms with Crippen molar-refractivity contribution in [2.45, 2.75) is 25.2 Å². The Kier molecular flexibility index (Phi) is 3.91. The van der Waals surface area contributed by atoms with Crippen LogP contribution in [0.15, 0.2) is 48.5 Å². The quantitative estimate of drug-likeness (QED) is 0.846. The molecule has 0 bridgehead atoms. The Balaban J connectivity index is 1.54. The van der Waals surface area contributed by atoms with Gasteiger partial charge >= 0.3 is 0 Å². The van der Waals surface area contributed by atoms with Crippen molar-refractivity contribution in [3.05, 3.63) is 65.2 Å². The lowest BCUT2D eigenvalue weighted by Gasteiger charge is -2.13. The van der Waals surface area contributed by atoms with Crippen molar-refractivity contribution < 1.29 is 4.79 Å². The summed E-state index contributed by atoms with van der Waals surface area (Å²) in [4.78, 5) is 12.0. The smallest absolute Gasteiger partial charge is 0.224 e. The molecule has 0 saturated heterocycles. The van der Waals surface area contributed by atoms with Crippen LogP contribution in [0, 0.1) is 0 Å². The zero-order valence-electron chi connectivity index (χ0n) is 12.0. The number of carbonyl (C=O) groups is 1. The molecule has 2 aromatic rings. The second-order valence-electron chi connectivity index (χ2n) is 5.66. The van der Waals surface area contributed by atoms with Crippen LogP contribution in [-0.4, -0.2) is 12.5 Å². The molecule has 1 unspecified atom stereocenters. The van der Waals surface area contributed by atoms with Gasteiger partial charge in [0.15, 0.2) is 0 Å². The molecule has 21 heavy (non-hydrogen) atoms. The van der Waals surface area contributed by atoms with E-state index in [4.69, 9.17) is 5.73 Å². The van der Waals surface area contributed by atoms with Crippen LogP contribution in [0.4, 0.5) is 5.69 Å². The van der Waals surface area contributed by atoms with Gasteiger partial charge in [-0.05, 0) is 41.7 Å². The normalized spacial score (nSPS) is 16.5. The summed E-state index contributed by atoms with van der Waals surface area (Å²) in [5.41, 5.74) is 10.2.